The third-order valence-corrected chi connectivity index (χ3v) is 7.64. The Kier molecular flexibility index (Phi) is 6.95. The van der Waals surface area contributed by atoms with Crippen LogP contribution in [0.25, 0.3) is 11.2 Å². The van der Waals surface area contributed by atoms with Crippen molar-refractivity contribution in [3.05, 3.63) is 40.4 Å². The van der Waals surface area contributed by atoms with E-state index in [9.17, 15) is 9.59 Å². The Hall–Kier alpha value is -3.40. The fourth-order valence-corrected chi connectivity index (χ4v) is 5.60. The molecule has 0 radical (unpaired) electrons. The van der Waals surface area contributed by atoms with E-state index >= 15 is 0 Å². The first-order valence-corrected chi connectivity index (χ1v) is 12.9. The summed E-state index contributed by atoms with van der Waals surface area (Å²) in [5.74, 6) is 0.769. The molecule has 1 aliphatic heterocycles. The number of carbonyl (C=O) groups excluding carboxylic acids is 1. The highest BCUT2D eigenvalue weighted by molar-refractivity contribution is 5.95. The lowest BCUT2D eigenvalue weighted by Gasteiger charge is -2.23. The number of imidazole rings is 1. The van der Waals surface area contributed by atoms with Crippen LogP contribution in [0.3, 0.4) is 0 Å². The van der Waals surface area contributed by atoms with Gasteiger partial charge in [-0.25, -0.2) is 9.78 Å². The fraction of sp³-hybridized carbons (Fsp3) is 0.538. The van der Waals surface area contributed by atoms with Gasteiger partial charge in [0.05, 0.1) is 19.0 Å². The number of carbonyl (C=O) groups is 1. The number of benzene rings is 1. The number of rotatable bonds is 8. The fourth-order valence-electron chi connectivity index (χ4n) is 5.60. The zero-order valence-electron chi connectivity index (χ0n) is 21.3. The van der Waals surface area contributed by atoms with Crippen molar-refractivity contribution in [3.8, 4) is 5.75 Å². The molecule has 1 aliphatic carbocycles. The van der Waals surface area contributed by atoms with E-state index in [2.05, 4.69) is 27.4 Å². The SMILES string of the molecule is CCN1CCCC1CNC(=O)c1ccc(Nc2ncc3c(n2)n(C2CCCC2)c(=O)n3C)c(OC)c1. The molecule has 2 N–H and O–H groups in total. The highest BCUT2D eigenvalue weighted by Crippen LogP contribution is 2.32. The average Bonchev–Trinajstić information content (AvgIpc) is 3.63. The summed E-state index contributed by atoms with van der Waals surface area (Å²) < 4.78 is 8.99. The van der Waals surface area contributed by atoms with Gasteiger partial charge in [0.25, 0.3) is 5.91 Å². The number of anilines is 2. The van der Waals surface area contributed by atoms with Crippen molar-refractivity contribution >= 4 is 28.7 Å². The van der Waals surface area contributed by atoms with Crippen molar-refractivity contribution < 1.29 is 9.53 Å². The van der Waals surface area contributed by atoms with E-state index in [1.54, 1.807) is 43.1 Å². The van der Waals surface area contributed by atoms with Crippen molar-refractivity contribution in [2.45, 2.75) is 57.5 Å². The Morgan fingerprint density at radius 1 is 1.19 bits per heavy atom. The highest BCUT2D eigenvalue weighted by Gasteiger charge is 2.25. The van der Waals surface area contributed by atoms with Crippen molar-refractivity contribution in [3.63, 3.8) is 0 Å². The number of nitrogens with one attached hydrogen (secondary N) is 2. The first-order valence-electron chi connectivity index (χ1n) is 12.9. The molecule has 1 saturated heterocycles. The molecule has 0 bridgehead atoms. The molecule has 36 heavy (non-hydrogen) atoms. The molecule has 2 aliphatic rings. The molecule has 3 aromatic rings. The zero-order chi connectivity index (χ0) is 25.2. The molecule has 10 nitrogen and oxygen atoms in total. The zero-order valence-corrected chi connectivity index (χ0v) is 21.3. The van der Waals surface area contributed by atoms with Crippen LogP contribution >= 0.6 is 0 Å². The summed E-state index contributed by atoms with van der Waals surface area (Å²) in [6, 6.07) is 5.85. The molecule has 2 aromatic heterocycles. The number of hydrogen-bond acceptors (Lipinski definition) is 7. The minimum atomic E-state index is -0.120. The van der Waals surface area contributed by atoms with Gasteiger partial charge in [-0.05, 0) is 57.0 Å². The molecule has 192 valence electrons. The average molecular weight is 494 g/mol. The van der Waals surface area contributed by atoms with Gasteiger partial charge in [-0.15, -0.1) is 0 Å². The number of likely N-dealkylation sites (tertiary alicyclic amines) is 1. The van der Waals surface area contributed by atoms with Gasteiger partial charge < -0.3 is 15.4 Å². The van der Waals surface area contributed by atoms with Gasteiger partial charge in [0.15, 0.2) is 5.65 Å². The van der Waals surface area contributed by atoms with Gasteiger partial charge >= 0.3 is 5.69 Å². The normalized spacial score (nSPS) is 18.7. The summed E-state index contributed by atoms with van der Waals surface area (Å²) in [6.07, 6.45) is 8.18. The van der Waals surface area contributed by atoms with E-state index in [1.807, 2.05) is 4.57 Å². The summed E-state index contributed by atoms with van der Waals surface area (Å²) in [7, 11) is 3.32. The van der Waals surface area contributed by atoms with Crippen LogP contribution in [-0.4, -0.2) is 62.7 Å². The molecule has 1 saturated carbocycles. The monoisotopic (exact) mass is 493 g/mol. The molecule has 2 fully saturated rings. The molecule has 3 heterocycles. The van der Waals surface area contributed by atoms with Gasteiger partial charge in [-0.2, -0.15) is 4.98 Å². The minimum absolute atomic E-state index is 0.0593. The second-order valence-corrected chi connectivity index (χ2v) is 9.73. The van der Waals surface area contributed by atoms with E-state index in [0.717, 1.165) is 45.2 Å². The van der Waals surface area contributed by atoms with E-state index < -0.39 is 0 Å². The minimum Gasteiger partial charge on any atom is -0.495 e. The number of nitrogens with zero attached hydrogens (tertiary/aromatic N) is 5. The number of fused-ring (bicyclic) bond motifs is 1. The molecular weight excluding hydrogens is 458 g/mol. The molecule has 0 spiro atoms. The van der Waals surface area contributed by atoms with E-state index in [1.165, 1.54) is 6.42 Å². The lowest BCUT2D eigenvalue weighted by Crippen LogP contribution is -2.40. The summed E-state index contributed by atoms with van der Waals surface area (Å²) in [5, 5.41) is 6.28. The Morgan fingerprint density at radius 2 is 2.00 bits per heavy atom. The molecule has 1 amide bonds. The van der Waals surface area contributed by atoms with Crippen LogP contribution in [0.4, 0.5) is 11.6 Å². The van der Waals surface area contributed by atoms with Crippen LogP contribution in [0.5, 0.6) is 5.75 Å². The maximum atomic E-state index is 12.9. The summed E-state index contributed by atoms with van der Waals surface area (Å²) in [4.78, 5) is 37.2. The van der Waals surface area contributed by atoms with Crippen LogP contribution in [0.15, 0.2) is 29.2 Å². The largest absolute Gasteiger partial charge is 0.495 e. The van der Waals surface area contributed by atoms with Gasteiger partial charge in [0.1, 0.15) is 11.3 Å². The molecular formula is C26H35N7O3. The molecule has 1 aromatic carbocycles. The van der Waals surface area contributed by atoms with Gasteiger partial charge in [-0.1, -0.05) is 19.8 Å². The van der Waals surface area contributed by atoms with Crippen molar-refractivity contribution in [2.24, 2.45) is 7.05 Å². The maximum absolute atomic E-state index is 12.9. The lowest BCUT2D eigenvalue weighted by molar-refractivity contribution is 0.0941. The molecule has 1 atom stereocenters. The molecule has 5 rings (SSSR count). The van der Waals surface area contributed by atoms with Crippen LogP contribution in [-0.2, 0) is 7.05 Å². The van der Waals surface area contributed by atoms with Crippen LogP contribution in [0.2, 0.25) is 0 Å². The van der Waals surface area contributed by atoms with E-state index in [0.29, 0.717) is 46.7 Å². The van der Waals surface area contributed by atoms with Crippen molar-refractivity contribution in [2.75, 3.05) is 32.1 Å². The number of hydrogen-bond donors (Lipinski definition) is 2. The van der Waals surface area contributed by atoms with E-state index in [4.69, 9.17) is 9.72 Å². The number of ether oxygens (including phenoxy) is 1. The predicted molar refractivity (Wildman–Crippen MR) is 139 cm³/mol. The second-order valence-electron chi connectivity index (χ2n) is 9.73. The Bertz CT molecular complexity index is 1310. The number of likely N-dealkylation sites (N-methyl/N-ethyl adjacent to an activating group) is 1. The highest BCUT2D eigenvalue weighted by atomic mass is 16.5. The maximum Gasteiger partial charge on any atom is 0.330 e. The number of aryl methyl sites for hydroxylation is 1. The van der Waals surface area contributed by atoms with Crippen LogP contribution < -0.4 is 21.1 Å². The van der Waals surface area contributed by atoms with Gasteiger partial charge in [0.2, 0.25) is 5.95 Å². The summed E-state index contributed by atoms with van der Waals surface area (Å²) in [5.41, 5.74) is 2.46. The van der Waals surface area contributed by atoms with Crippen LogP contribution in [0.1, 0.15) is 61.8 Å². The van der Waals surface area contributed by atoms with Gasteiger partial charge in [0, 0.05) is 31.2 Å². The molecule has 10 heteroatoms. The second kappa shape index (κ2) is 10.3. The smallest absolute Gasteiger partial charge is 0.330 e. The first kappa shape index (κ1) is 24.3. The first-order chi connectivity index (χ1) is 17.5. The predicted octanol–water partition coefficient (Wildman–Crippen LogP) is 3.21. The Labute approximate surface area is 210 Å². The van der Waals surface area contributed by atoms with Crippen LogP contribution in [0, 0.1) is 0 Å². The van der Waals surface area contributed by atoms with Gasteiger partial charge in [-0.3, -0.25) is 18.8 Å². The standard InChI is InChI=1S/C26H35N7O3/c1-4-32-13-7-10-19(32)15-27-24(34)17-11-12-20(22(14-17)36-3)29-25-28-16-21-23(30-25)33(26(35)31(21)2)18-8-5-6-9-18/h11-12,14,16,18-19H,4-10,13,15H2,1-3H3,(H,27,34)(H,28,29,30). The topological polar surface area (TPSA) is 106 Å². The number of aromatic nitrogens is 4. The van der Waals surface area contributed by atoms with Crippen molar-refractivity contribution in [1.29, 1.82) is 0 Å². The third kappa shape index (κ3) is 4.57. The summed E-state index contributed by atoms with van der Waals surface area (Å²) >= 11 is 0. The lowest BCUT2D eigenvalue weighted by atomic mass is 10.1. The summed E-state index contributed by atoms with van der Waals surface area (Å²) in [6.45, 7) is 4.90. The Balaban J connectivity index is 1.35. The number of amides is 1. The Morgan fingerprint density at radius 3 is 2.75 bits per heavy atom. The number of methoxy groups -OCH3 is 1. The van der Waals surface area contributed by atoms with E-state index in [-0.39, 0.29) is 17.6 Å². The quantitative estimate of drug-likeness (QED) is 0.496. The van der Waals surface area contributed by atoms with Crippen molar-refractivity contribution in [1.82, 2.24) is 29.3 Å². The molecule has 1 unspecified atom stereocenters. The third-order valence-electron chi connectivity index (χ3n) is 7.64.